The molecule has 0 bridgehead atoms. The van der Waals surface area contributed by atoms with Crippen molar-refractivity contribution in [3.05, 3.63) is 30.3 Å². The number of hydrazine groups is 1. The fourth-order valence-corrected chi connectivity index (χ4v) is 3.85. The van der Waals surface area contributed by atoms with E-state index >= 15 is 0 Å². The number of benzene rings is 1. The van der Waals surface area contributed by atoms with Crippen molar-refractivity contribution >= 4 is 17.6 Å². The van der Waals surface area contributed by atoms with Crippen molar-refractivity contribution in [2.75, 3.05) is 31.3 Å². The molecule has 0 aliphatic carbocycles. The Labute approximate surface area is 155 Å². The molecule has 1 atom stereocenters. The second-order valence-corrected chi connectivity index (χ2v) is 6.94. The molecule has 26 heavy (non-hydrogen) atoms. The summed E-state index contributed by atoms with van der Waals surface area (Å²) in [7, 11) is 0. The number of rotatable bonds is 5. The van der Waals surface area contributed by atoms with Crippen LogP contribution < -0.4 is 10.3 Å². The molecule has 2 fully saturated rings. The van der Waals surface area contributed by atoms with Crippen molar-refractivity contribution in [2.45, 2.75) is 45.1 Å². The Balaban J connectivity index is 1.90. The van der Waals surface area contributed by atoms with Crippen molar-refractivity contribution in [1.82, 2.24) is 10.3 Å². The summed E-state index contributed by atoms with van der Waals surface area (Å²) in [5.41, 5.74) is 0.826. The van der Waals surface area contributed by atoms with Crippen LogP contribution in [-0.2, 0) is 14.3 Å². The molecule has 6 nitrogen and oxygen atoms in total. The molecule has 2 saturated heterocycles. The highest BCUT2D eigenvalue weighted by Gasteiger charge is 2.38. The second kappa shape index (κ2) is 9.14. The highest BCUT2D eigenvalue weighted by atomic mass is 16.5. The van der Waals surface area contributed by atoms with Crippen LogP contribution in [0.3, 0.4) is 0 Å². The van der Waals surface area contributed by atoms with Gasteiger partial charge in [-0.25, -0.2) is 5.01 Å². The maximum Gasteiger partial charge on any atom is 0.325 e. The predicted molar refractivity (Wildman–Crippen MR) is 100 cm³/mol. The average Bonchev–Trinajstić information content (AvgIpc) is 2.70. The summed E-state index contributed by atoms with van der Waals surface area (Å²) in [6, 6.07) is 9.29. The van der Waals surface area contributed by atoms with Crippen LogP contribution >= 0.6 is 0 Å². The molecule has 1 N–H and O–H groups in total. The number of hydrogen-bond donors (Lipinski definition) is 1. The Morgan fingerprint density at radius 2 is 1.88 bits per heavy atom. The second-order valence-electron chi connectivity index (χ2n) is 6.94. The van der Waals surface area contributed by atoms with Crippen LogP contribution in [0, 0.1) is 5.92 Å². The maximum absolute atomic E-state index is 13.4. The van der Waals surface area contributed by atoms with E-state index in [0.29, 0.717) is 13.2 Å². The molecule has 1 amide bonds. The lowest BCUT2D eigenvalue weighted by atomic mass is 9.96. The first-order chi connectivity index (χ1) is 12.7. The first-order valence-corrected chi connectivity index (χ1v) is 9.75. The largest absolute Gasteiger partial charge is 0.465 e. The van der Waals surface area contributed by atoms with Gasteiger partial charge in [0.15, 0.2) is 0 Å². The molecule has 2 heterocycles. The highest BCUT2D eigenvalue weighted by Crippen LogP contribution is 2.28. The zero-order chi connectivity index (χ0) is 18.4. The summed E-state index contributed by atoms with van der Waals surface area (Å²) < 4.78 is 5.29. The molecule has 0 radical (unpaired) electrons. The van der Waals surface area contributed by atoms with Crippen LogP contribution in [0.5, 0.6) is 0 Å². The van der Waals surface area contributed by atoms with E-state index in [0.717, 1.165) is 50.9 Å². The minimum Gasteiger partial charge on any atom is -0.465 e. The number of piperidine rings is 2. The Kier molecular flexibility index (Phi) is 6.63. The number of amides is 1. The number of para-hydroxylation sites is 1. The van der Waals surface area contributed by atoms with E-state index in [1.807, 2.05) is 42.3 Å². The van der Waals surface area contributed by atoms with Gasteiger partial charge in [0.25, 0.3) is 0 Å². The Morgan fingerprint density at radius 3 is 2.58 bits per heavy atom. The Hall–Kier alpha value is -1.92. The van der Waals surface area contributed by atoms with Gasteiger partial charge in [-0.2, -0.15) is 5.01 Å². The fourth-order valence-electron chi connectivity index (χ4n) is 3.85. The molecular formula is C20H29N3O3. The molecule has 6 heteroatoms. The molecule has 2 aliphatic rings. The number of carbonyl (C=O) groups excluding carboxylic acids is 2. The van der Waals surface area contributed by atoms with Gasteiger partial charge in [0.05, 0.1) is 12.3 Å². The van der Waals surface area contributed by atoms with Gasteiger partial charge in [-0.15, -0.1) is 0 Å². The number of ether oxygens (including phenoxy) is 1. The summed E-state index contributed by atoms with van der Waals surface area (Å²) in [5, 5.41) is 7.02. The molecule has 0 spiro atoms. The quantitative estimate of drug-likeness (QED) is 0.818. The van der Waals surface area contributed by atoms with E-state index in [1.54, 1.807) is 5.01 Å². The van der Waals surface area contributed by atoms with Gasteiger partial charge in [-0.1, -0.05) is 18.2 Å². The lowest BCUT2D eigenvalue weighted by Crippen LogP contribution is -2.58. The van der Waals surface area contributed by atoms with E-state index < -0.39 is 6.04 Å². The summed E-state index contributed by atoms with van der Waals surface area (Å²) in [4.78, 5) is 26.0. The van der Waals surface area contributed by atoms with Gasteiger partial charge in [0.2, 0.25) is 5.91 Å². The SMILES string of the molecule is CCOC(=O)C1CCCCN1N(C(=O)C1CCNCC1)c1ccccc1. The minimum atomic E-state index is -0.394. The lowest BCUT2D eigenvalue weighted by molar-refractivity contribution is -0.152. The molecule has 0 aromatic heterocycles. The molecule has 0 saturated carbocycles. The summed E-state index contributed by atoms with van der Waals surface area (Å²) >= 11 is 0. The summed E-state index contributed by atoms with van der Waals surface area (Å²) in [6.45, 7) is 4.59. The summed E-state index contributed by atoms with van der Waals surface area (Å²) in [5.74, 6) is -0.152. The molecular weight excluding hydrogens is 330 g/mol. The van der Waals surface area contributed by atoms with Gasteiger partial charge in [0.1, 0.15) is 6.04 Å². The van der Waals surface area contributed by atoms with Crippen LogP contribution in [-0.4, -0.2) is 49.2 Å². The third-order valence-electron chi connectivity index (χ3n) is 5.19. The van der Waals surface area contributed by atoms with E-state index in [9.17, 15) is 9.59 Å². The lowest BCUT2D eigenvalue weighted by Gasteiger charge is -2.43. The number of esters is 1. The number of nitrogens with zero attached hydrogens (tertiary/aromatic N) is 2. The number of carbonyl (C=O) groups is 2. The number of nitrogens with one attached hydrogen (secondary N) is 1. The standard InChI is InChI=1S/C20H29N3O3/c1-2-26-20(25)18-10-6-7-15-22(18)23(17-8-4-3-5-9-17)19(24)16-11-13-21-14-12-16/h3-5,8-9,16,18,21H,2,6-7,10-15H2,1H3. The highest BCUT2D eigenvalue weighted by molar-refractivity contribution is 5.95. The Bertz CT molecular complexity index is 602. The first-order valence-electron chi connectivity index (χ1n) is 9.75. The van der Waals surface area contributed by atoms with Gasteiger partial charge < -0.3 is 10.1 Å². The fraction of sp³-hybridized carbons (Fsp3) is 0.600. The van der Waals surface area contributed by atoms with Crippen molar-refractivity contribution in [3.63, 3.8) is 0 Å². The molecule has 1 aromatic carbocycles. The van der Waals surface area contributed by atoms with Crippen molar-refractivity contribution in [2.24, 2.45) is 5.92 Å². The Morgan fingerprint density at radius 1 is 1.15 bits per heavy atom. The monoisotopic (exact) mass is 359 g/mol. The van der Waals surface area contributed by atoms with E-state index in [-0.39, 0.29) is 17.8 Å². The van der Waals surface area contributed by atoms with E-state index in [4.69, 9.17) is 4.74 Å². The zero-order valence-electron chi connectivity index (χ0n) is 15.5. The van der Waals surface area contributed by atoms with E-state index in [2.05, 4.69) is 5.32 Å². The predicted octanol–water partition coefficient (Wildman–Crippen LogP) is 2.35. The number of hydrogen-bond acceptors (Lipinski definition) is 5. The van der Waals surface area contributed by atoms with Crippen LogP contribution in [0.25, 0.3) is 0 Å². The molecule has 1 unspecified atom stereocenters. The van der Waals surface area contributed by atoms with Gasteiger partial charge in [-0.3, -0.25) is 9.59 Å². The zero-order valence-corrected chi connectivity index (χ0v) is 15.5. The normalized spacial score (nSPS) is 22.0. The molecule has 142 valence electrons. The van der Waals surface area contributed by atoms with Gasteiger partial charge in [0, 0.05) is 12.5 Å². The average molecular weight is 359 g/mol. The number of anilines is 1. The third kappa shape index (κ3) is 4.24. The first kappa shape index (κ1) is 18.9. The smallest absolute Gasteiger partial charge is 0.325 e. The van der Waals surface area contributed by atoms with Gasteiger partial charge in [-0.05, 0) is 64.3 Å². The van der Waals surface area contributed by atoms with Crippen LogP contribution in [0.1, 0.15) is 39.0 Å². The van der Waals surface area contributed by atoms with Crippen LogP contribution in [0.2, 0.25) is 0 Å². The van der Waals surface area contributed by atoms with Crippen molar-refractivity contribution in [1.29, 1.82) is 0 Å². The van der Waals surface area contributed by atoms with Crippen molar-refractivity contribution < 1.29 is 14.3 Å². The van der Waals surface area contributed by atoms with E-state index in [1.165, 1.54) is 0 Å². The molecule has 3 rings (SSSR count). The third-order valence-corrected chi connectivity index (χ3v) is 5.19. The van der Waals surface area contributed by atoms with Crippen LogP contribution in [0.15, 0.2) is 30.3 Å². The summed E-state index contributed by atoms with van der Waals surface area (Å²) in [6.07, 6.45) is 4.34. The van der Waals surface area contributed by atoms with Crippen LogP contribution in [0.4, 0.5) is 5.69 Å². The van der Waals surface area contributed by atoms with Crippen molar-refractivity contribution in [3.8, 4) is 0 Å². The minimum absolute atomic E-state index is 0.0128. The maximum atomic E-state index is 13.4. The molecule has 1 aromatic rings. The van der Waals surface area contributed by atoms with Gasteiger partial charge >= 0.3 is 5.97 Å². The molecule has 2 aliphatic heterocycles. The topological polar surface area (TPSA) is 61.9 Å².